The van der Waals surface area contributed by atoms with Gasteiger partial charge in [0, 0.05) is 7.11 Å². The van der Waals surface area contributed by atoms with E-state index in [1.807, 2.05) is 30.3 Å². The van der Waals surface area contributed by atoms with Crippen molar-refractivity contribution in [3.8, 4) is 0 Å². The van der Waals surface area contributed by atoms with Crippen LogP contribution in [-0.4, -0.2) is 58.8 Å². The van der Waals surface area contributed by atoms with Crippen molar-refractivity contribution in [2.24, 2.45) is 5.73 Å². The molecule has 0 aliphatic rings. The minimum Gasteiger partial charge on any atom is -0.462 e. The maximum atomic E-state index is 11.7. The molecular formula is C16H25NO5. The maximum Gasteiger partial charge on any atom is 0.323 e. The fraction of sp³-hybridized carbons (Fsp3) is 0.562. The van der Waals surface area contributed by atoms with E-state index in [4.69, 9.17) is 24.7 Å². The Balaban J connectivity index is 2.01. The highest BCUT2D eigenvalue weighted by Gasteiger charge is 2.15. The highest BCUT2D eigenvalue weighted by atomic mass is 16.6. The smallest absolute Gasteiger partial charge is 0.323 e. The topological polar surface area (TPSA) is 80.0 Å². The van der Waals surface area contributed by atoms with Crippen LogP contribution >= 0.6 is 0 Å². The van der Waals surface area contributed by atoms with Crippen LogP contribution in [0.1, 0.15) is 5.56 Å². The largest absolute Gasteiger partial charge is 0.462 e. The number of hydrogen-bond acceptors (Lipinski definition) is 6. The van der Waals surface area contributed by atoms with Crippen molar-refractivity contribution in [2.45, 2.75) is 12.5 Å². The lowest BCUT2D eigenvalue weighted by Crippen LogP contribution is -2.35. The van der Waals surface area contributed by atoms with Gasteiger partial charge in [0.1, 0.15) is 12.6 Å². The number of carbonyl (C=O) groups excluding carboxylic acids is 1. The van der Waals surface area contributed by atoms with Gasteiger partial charge in [-0.2, -0.15) is 0 Å². The highest BCUT2D eigenvalue weighted by molar-refractivity contribution is 5.75. The van der Waals surface area contributed by atoms with Crippen LogP contribution in [0.25, 0.3) is 0 Å². The van der Waals surface area contributed by atoms with Gasteiger partial charge in [0.15, 0.2) is 0 Å². The molecule has 0 fully saturated rings. The standard InChI is InChI=1S/C16H25NO5/c1-19-7-8-20-9-10-21-11-12-22-16(18)15(17)13-14-5-3-2-4-6-14/h2-6,15H,7-13,17H2,1H3/t15-/m0/s1. The van der Waals surface area contributed by atoms with Crippen molar-refractivity contribution in [3.63, 3.8) is 0 Å². The predicted molar refractivity (Wildman–Crippen MR) is 82.6 cm³/mol. The van der Waals surface area contributed by atoms with Crippen LogP contribution in [0.2, 0.25) is 0 Å². The second-order valence-electron chi connectivity index (χ2n) is 4.68. The van der Waals surface area contributed by atoms with E-state index in [9.17, 15) is 4.79 Å². The molecule has 1 aromatic carbocycles. The summed E-state index contributed by atoms with van der Waals surface area (Å²) in [5.74, 6) is -0.413. The van der Waals surface area contributed by atoms with Gasteiger partial charge in [0.05, 0.1) is 33.0 Å². The van der Waals surface area contributed by atoms with E-state index in [0.29, 0.717) is 39.5 Å². The second-order valence-corrected chi connectivity index (χ2v) is 4.68. The minimum atomic E-state index is -0.653. The summed E-state index contributed by atoms with van der Waals surface area (Å²) in [6.07, 6.45) is 0.466. The monoisotopic (exact) mass is 311 g/mol. The van der Waals surface area contributed by atoms with E-state index >= 15 is 0 Å². The van der Waals surface area contributed by atoms with Crippen molar-refractivity contribution in [1.29, 1.82) is 0 Å². The number of methoxy groups -OCH3 is 1. The molecule has 0 aromatic heterocycles. The van der Waals surface area contributed by atoms with E-state index < -0.39 is 12.0 Å². The average Bonchev–Trinajstić information content (AvgIpc) is 2.54. The molecule has 2 N–H and O–H groups in total. The zero-order chi connectivity index (χ0) is 16.0. The maximum absolute atomic E-state index is 11.7. The summed E-state index contributed by atoms with van der Waals surface area (Å²) < 4.78 is 20.4. The highest BCUT2D eigenvalue weighted by Crippen LogP contribution is 2.02. The molecule has 6 heteroatoms. The third-order valence-electron chi connectivity index (χ3n) is 2.88. The summed E-state index contributed by atoms with van der Waals surface area (Å²) in [5, 5.41) is 0. The molecule has 0 spiro atoms. The summed E-state index contributed by atoms with van der Waals surface area (Å²) in [6, 6.07) is 8.95. The number of benzene rings is 1. The molecule has 0 saturated carbocycles. The Hall–Kier alpha value is -1.47. The molecule has 0 unspecified atom stereocenters. The van der Waals surface area contributed by atoms with Gasteiger partial charge in [0.25, 0.3) is 0 Å². The van der Waals surface area contributed by atoms with Gasteiger partial charge < -0.3 is 24.7 Å². The van der Waals surface area contributed by atoms with Crippen LogP contribution in [0.15, 0.2) is 30.3 Å². The van der Waals surface area contributed by atoms with Gasteiger partial charge in [-0.05, 0) is 12.0 Å². The lowest BCUT2D eigenvalue weighted by atomic mass is 10.1. The van der Waals surface area contributed by atoms with E-state index in [1.165, 1.54) is 0 Å². The first-order chi connectivity index (χ1) is 10.7. The Bertz CT molecular complexity index is 399. The van der Waals surface area contributed by atoms with E-state index in [2.05, 4.69) is 0 Å². The van der Waals surface area contributed by atoms with Crippen LogP contribution in [0.4, 0.5) is 0 Å². The Morgan fingerprint density at radius 2 is 1.59 bits per heavy atom. The van der Waals surface area contributed by atoms with Crippen molar-refractivity contribution in [3.05, 3.63) is 35.9 Å². The van der Waals surface area contributed by atoms with Crippen molar-refractivity contribution in [2.75, 3.05) is 46.8 Å². The number of nitrogens with two attached hydrogens (primary N) is 1. The predicted octanol–water partition coefficient (Wildman–Crippen LogP) is 0.779. The van der Waals surface area contributed by atoms with Gasteiger partial charge in [-0.25, -0.2) is 0 Å². The zero-order valence-electron chi connectivity index (χ0n) is 13.0. The summed E-state index contributed by atoms with van der Waals surface area (Å²) in [5.41, 5.74) is 6.82. The fourth-order valence-corrected chi connectivity index (χ4v) is 1.72. The third-order valence-corrected chi connectivity index (χ3v) is 2.88. The quantitative estimate of drug-likeness (QED) is 0.454. The summed E-state index contributed by atoms with van der Waals surface area (Å²) >= 11 is 0. The molecule has 0 saturated heterocycles. The molecule has 0 heterocycles. The molecular weight excluding hydrogens is 286 g/mol. The number of hydrogen-bond donors (Lipinski definition) is 1. The minimum absolute atomic E-state index is 0.194. The number of rotatable bonds is 12. The van der Waals surface area contributed by atoms with Crippen molar-refractivity contribution in [1.82, 2.24) is 0 Å². The number of esters is 1. The normalized spacial score (nSPS) is 12.1. The average molecular weight is 311 g/mol. The van der Waals surface area contributed by atoms with Gasteiger partial charge in [-0.1, -0.05) is 30.3 Å². The zero-order valence-corrected chi connectivity index (χ0v) is 13.0. The van der Waals surface area contributed by atoms with Gasteiger partial charge in [0.2, 0.25) is 0 Å². The van der Waals surface area contributed by atoms with Crippen LogP contribution in [0.3, 0.4) is 0 Å². The molecule has 1 aromatic rings. The first kappa shape index (κ1) is 18.6. The van der Waals surface area contributed by atoms with Crippen LogP contribution in [0, 0.1) is 0 Å². The fourth-order valence-electron chi connectivity index (χ4n) is 1.72. The third kappa shape index (κ3) is 8.74. The molecule has 0 bridgehead atoms. The Kier molecular flexibility index (Phi) is 10.2. The first-order valence-corrected chi connectivity index (χ1v) is 7.34. The Morgan fingerprint density at radius 3 is 2.23 bits per heavy atom. The SMILES string of the molecule is COCCOCCOCCOC(=O)[C@@H](N)Cc1ccccc1. The molecule has 124 valence electrons. The first-order valence-electron chi connectivity index (χ1n) is 7.34. The van der Waals surface area contributed by atoms with Gasteiger partial charge in [-0.15, -0.1) is 0 Å². The van der Waals surface area contributed by atoms with Crippen molar-refractivity contribution >= 4 is 5.97 Å². The second kappa shape index (κ2) is 12.1. The Morgan fingerprint density at radius 1 is 1.00 bits per heavy atom. The molecule has 0 aliphatic heterocycles. The molecule has 22 heavy (non-hydrogen) atoms. The van der Waals surface area contributed by atoms with Crippen LogP contribution < -0.4 is 5.73 Å². The number of carbonyl (C=O) groups is 1. The van der Waals surface area contributed by atoms with Gasteiger partial charge >= 0.3 is 5.97 Å². The lowest BCUT2D eigenvalue weighted by molar-refractivity contribution is -0.146. The van der Waals surface area contributed by atoms with Crippen molar-refractivity contribution < 1.29 is 23.7 Å². The molecule has 1 rings (SSSR count). The van der Waals surface area contributed by atoms with Gasteiger partial charge in [-0.3, -0.25) is 4.79 Å². The molecule has 1 atom stereocenters. The summed E-state index contributed by atoms with van der Waals surface area (Å²) in [6.45, 7) is 2.58. The summed E-state index contributed by atoms with van der Waals surface area (Å²) in [7, 11) is 1.62. The van der Waals surface area contributed by atoms with Crippen LogP contribution in [0.5, 0.6) is 0 Å². The lowest BCUT2D eigenvalue weighted by Gasteiger charge is -2.12. The van der Waals surface area contributed by atoms with E-state index in [1.54, 1.807) is 7.11 Å². The molecule has 0 radical (unpaired) electrons. The van der Waals surface area contributed by atoms with E-state index in [0.717, 1.165) is 5.56 Å². The molecule has 0 aliphatic carbocycles. The Labute approximate surface area is 131 Å². The molecule has 6 nitrogen and oxygen atoms in total. The molecule has 0 amide bonds. The summed E-state index contributed by atoms with van der Waals surface area (Å²) in [4.78, 5) is 11.7. The van der Waals surface area contributed by atoms with Crippen LogP contribution in [-0.2, 0) is 30.2 Å². The van der Waals surface area contributed by atoms with E-state index in [-0.39, 0.29) is 6.61 Å². The number of ether oxygens (including phenoxy) is 4.